The Bertz CT molecular complexity index is 263. The Morgan fingerprint density at radius 2 is 1.47 bits per heavy atom. The third kappa shape index (κ3) is 2.94. The Balaban J connectivity index is 1.87. The van der Waals surface area contributed by atoms with Crippen molar-refractivity contribution >= 4 is 11.7 Å². The maximum atomic E-state index is 4.44. The second-order valence-corrected chi connectivity index (χ2v) is 5.03. The van der Waals surface area contributed by atoms with Gasteiger partial charge in [0.2, 0.25) is 0 Å². The van der Waals surface area contributed by atoms with Gasteiger partial charge in [0.1, 0.15) is 0 Å². The van der Waals surface area contributed by atoms with E-state index in [1.807, 2.05) is 0 Å². The van der Waals surface area contributed by atoms with Crippen LogP contribution >= 0.6 is 0 Å². The number of rotatable bonds is 4. The SMILES string of the molecule is CC(C)(CC1=NCCN1)CC1=NCCN1. The van der Waals surface area contributed by atoms with Crippen LogP contribution in [0.25, 0.3) is 0 Å². The summed E-state index contributed by atoms with van der Waals surface area (Å²) < 4.78 is 0. The molecule has 2 rings (SSSR count). The Morgan fingerprint density at radius 3 is 1.80 bits per heavy atom. The first-order valence-corrected chi connectivity index (χ1v) is 5.70. The van der Waals surface area contributed by atoms with Crippen LogP contribution in [0.5, 0.6) is 0 Å². The highest BCUT2D eigenvalue weighted by molar-refractivity contribution is 5.87. The lowest BCUT2D eigenvalue weighted by atomic mass is 9.84. The van der Waals surface area contributed by atoms with Gasteiger partial charge in [0.05, 0.1) is 24.8 Å². The highest BCUT2D eigenvalue weighted by Crippen LogP contribution is 2.26. The van der Waals surface area contributed by atoms with Crippen molar-refractivity contribution in [2.45, 2.75) is 26.7 Å². The molecule has 4 heteroatoms. The van der Waals surface area contributed by atoms with Gasteiger partial charge in [-0.3, -0.25) is 9.98 Å². The predicted molar refractivity (Wildman–Crippen MR) is 63.6 cm³/mol. The van der Waals surface area contributed by atoms with E-state index >= 15 is 0 Å². The number of hydrogen-bond donors (Lipinski definition) is 2. The summed E-state index contributed by atoms with van der Waals surface area (Å²) in [6.07, 6.45) is 2.04. The zero-order chi connectivity index (χ0) is 10.7. The molecule has 0 radical (unpaired) electrons. The van der Waals surface area contributed by atoms with Crippen molar-refractivity contribution in [2.24, 2.45) is 15.4 Å². The van der Waals surface area contributed by atoms with Crippen molar-refractivity contribution < 1.29 is 0 Å². The third-order valence-electron chi connectivity index (χ3n) is 2.78. The first kappa shape index (κ1) is 10.5. The molecular weight excluding hydrogens is 188 g/mol. The first-order chi connectivity index (χ1) is 7.16. The van der Waals surface area contributed by atoms with Gasteiger partial charge in [-0.25, -0.2) is 0 Å². The molecular formula is C11H20N4. The summed E-state index contributed by atoms with van der Waals surface area (Å²) in [4.78, 5) is 8.88. The maximum absolute atomic E-state index is 4.44. The van der Waals surface area contributed by atoms with Crippen LogP contribution < -0.4 is 10.6 Å². The molecule has 2 aliphatic rings. The third-order valence-corrected chi connectivity index (χ3v) is 2.78. The van der Waals surface area contributed by atoms with Crippen LogP contribution in [-0.4, -0.2) is 37.9 Å². The molecule has 0 bridgehead atoms. The van der Waals surface area contributed by atoms with Crippen molar-refractivity contribution in [2.75, 3.05) is 26.2 Å². The number of nitrogens with one attached hydrogen (secondary N) is 2. The average Bonchev–Trinajstić information content (AvgIpc) is 2.75. The molecule has 2 heterocycles. The number of aliphatic imine (C=N–C) groups is 2. The van der Waals surface area contributed by atoms with E-state index in [4.69, 9.17) is 0 Å². The molecule has 0 aromatic heterocycles. The lowest BCUT2D eigenvalue weighted by molar-refractivity contribution is 0.395. The summed E-state index contributed by atoms with van der Waals surface area (Å²) in [7, 11) is 0. The summed E-state index contributed by atoms with van der Waals surface area (Å²) in [6.45, 7) is 8.43. The van der Waals surface area contributed by atoms with Gasteiger partial charge >= 0.3 is 0 Å². The monoisotopic (exact) mass is 208 g/mol. The summed E-state index contributed by atoms with van der Waals surface area (Å²) >= 11 is 0. The Hall–Kier alpha value is -1.06. The van der Waals surface area contributed by atoms with Crippen LogP contribution in [0.1, 0.15) is 26.7 Å². The molecule has 0 aliphatic carbocycles. The highest BCUT2D eigenvalue weighted by atomic mass is 15.1. The van der Waals surface area contributed by atoms with Gasteiger partial charge < -0.3 is 10.6 Å². The van der Waals surface area contributed by atoms with Gasteiger partial charge in [-0.2, -0.15) is 0 Å². The van der Waals surface area contributed by atoms with E-state index in [9.17, 15) is 0 Å². The van der Waals surface area contributed by atoms with Crippen molar-refractivity contribution in [3.8, 4) is 0 Å². The molecule has 0 spiro atoms. The van der Waals surface area contributed by atoms with Crippen LogP contribution in [0, 0.1) is 5.41 Å². The van der Waals surface area contributed by atoms with Gasteiger partial charge in [0.25, 0.3) is 0 Å². The Morgan fingerprint density at radius 1 is 1.00 bits per heavy atom. The van der Waals surface area contributed by atoms with Crippen LogP contribution in [0.2, 0.25) is 0 Å². The topological polar surface area (TPSA) is 48.8 Å². The van der Waals surface area contributed by atoms with E-state index in [1.54, 1.807) is 0 Å². The molecule has 15 heavy (non-hydrogen) atoms. The molecule has 0 fully saturated rings. The molecule has 0 unspecified atom stereocenters. The first-order valence-electron chi connectivity index (χ1n) is 5.70. The fourth-order valence-electron chi connectivity index (χ4n) is 2.10. The van der Waals surface area contributed by atoms with E-state index in [-0.39, 0.29) is 5.41 Å². The van der Waals surface area contributed by atoms with Crippen LogP contribution in [0.4, 0.5) is 0 Å². The zero-order valence-electron chi connectivity index (χ0n) is 9.64. The Kier molecular flexibility index (Phi) is 2.93. The van der Waals surface area contributed by atoms with Crippen molar-refractivity contribution in [3.63, 3.8) is 0 Å². The number of hydrogen-bond acceptors (Lipinski definition) is 4. The normalized spacial score (nSPS) is 20.7. The van der Waals surface area contributed by atoms with Gasteiger partial charge in [-0.15, -0.1) is 0 Å². The standard InChI is InChI=1S/C11H20N4/c1-11(2,7-9-12-3-4-13-9)8-10-14-5-6-15-10/h3-8H2,1-2H3,(H,12,13)(H,14,15). The fraction of sp³-hybridized carbons (Fsp3) is 0.818. The van der Waals surface area contributed by atoms with Crippen molar-refractivity contribution in [3.05, 3.63) is 0 Å². The van der Waals surface area contributed by atoms with Crippen molar-refractivity contribution in [1.29, 1.82) is 0 Å². The highest BCUT2D eigenvalue weighted by Gasteiger charge is 2.24. The zero-order valence-corrected chi connectivity index (χ0v) is 9.64. The minimum absolute atomic E-state index is 0.242. The number of nitrogens with zero attached hydrogens (tertiary/aromatic N) is 2. The van der Waals surface area contributed by atoms with Crippen molar-refractivity contribution in [1.82, 2.24) is 10.6 Å². The molecule has 0 saturated carbocycles. The number of amidine groups is 2. The van der Waals surface area contributed by atoms with Gasteiger partial charge in [-0.1, -0.05) is 13.8 Å². The molecule has 0 atom stereocenters. The van der Waals surface area contributed by atoms with E-state index in [0.29, 0.717) is 0 Å². The quantitative estimate of drug-likeness (QED) is 0.718. The molecule has 0 aromatic carbocycles. The lowest BCUT2D eigenvalue weighted by Crippen LogP contribution is -2.30. The van der Waals surface area contributed by atoms with Crippen LogP contribution in [0.15, 0.2) is 9.98 Å². The molecule has 2 aliphatic heterocycles. The van der Waals surface area contributed by atoms with Crippen LogP contribution in [-0.2, 0) is 0 Å². The summed E-state index contributed by atoms with van der Waals surface area (Å²) in [6, 6.07) is 0. The van der Waals surface area contributed by atoms with Gasteiger partial charge in [0, 0.05) is 25.9 Å². The van der Waals surface area contributed by atoms with E-state index in [0.717, 1.165) is 39.0 Å². The van der Waals surface area contributed by atoms with Crippen LogP contribution in [0.3, 0.4) is 0 Å². The van der Waals surface area contributed by atoms with E-state index in [2.05, 4.69) is 34.5 Å². The van der Waals surface area contributed by atoms with Gasteiger partial charge in [-0.05, 0) is 5.41 Å². The molecule has 4 nitrogen and oxygen atoms in total. The second-order valence-electron chi connectivity index (χ2n) is 5.03. The summed E-state index contributed by atoms with van der Waals surface area (Å²) in [5, 5.41) is 6.65. The molecule has 2 N–H and O–H groups in total. The predicted octanol–water partition coefficient (Wildman–Crippen LogP) is 0.796. The largest absolute Gasteiger partial charge is 0.372 e. The molecule has 0 aromatic rings. The fourth-order valence-corrected chi connectivity index (χ4v) is 2.10. The van der Waals surface area contributed by atoms with E-state index < -0.39 is 0 Å². The lowest BCUT2D eigenvalue weighted by Gasteiger charge is -2.24. The molecule has 84 valence electrons. The minimum Gasteiger partial charge on any atom is -0.372 e. The van der Waals surface area contributed by atoms with Gasteiger partial charge in [0.15, 0.2) is 0 Å². The maximum Gasteiger partial charge on any atom is 0.0969 e. The van der Waals surface area contributed by atoms with E-state index in [1.165, 1.54) is 11.7 Å². The average molecular weight is 208 g/mol. The summed E-state index contributed by atoms with van der Waals surface area (Å²) in [5.41, 5.74) is 0.242. The molecule has 0 amide bonds. The smallest absolute Gasteiger partial charge is 0.0969 e. The molecule has 0 saturated heterocycles. The minimum atomic E-state index is 0.242. The summed E-state index contributed by atoms with van der Waals surface area (Å²) in [5.74, 6) is 2.33. The Labute approximate surface area is 91.3 Å². The second kappa shape index (κ2) is 4.21.